The van der Waals surface area contributed by atoms with Gasteiger partial charge in [0.1, 0.15) is 30.2 Å². The van der Waals surface area contributed by atoms with Crippen molar-refractivity contribution in [2.24, 2.45) is 0 Å². The average molecular weight is 575 g/mol. The molecule has 4 aromatic rings. The maximum atomic E-state index is 13.2. The molecule has 4 rings (SSSR count). The summed E-state index contributed by atoms with van der Waals surface area (Å²) in [6.45, 7) is -0.652. The molecule has 0 bridgehead atoms. The van der Waals surface area contributed by atoms with Crippen molar-refractivity contribution in [1.82, 2.24) is 4.98 Å². The molecule has 12 nitrogen and oxygen atoms in total. The summed E-state index contributed by atoms with van der Waals surface area (Å²) >= 11 is 0. The predicted molar refractivity (Wildman–Crippen MR) is 136 cm³/mol. The number of hydrogen-bond acceptors (Lipinski definition) is 10. The van der Waals surface area contributed by atoms with Crippen LogP contribution in [0, 0.1) is 10.1 Å². The van der Waals surface area contributed by atoms with Crippen molar-refractivity contribution >= 4 is 28.4 Å². The number of pyridine rings is 1. The Morgan fingerprint density at radius 1 is 1.05 bits per heavy atom. The van der Waals surface area contributed by atoms with Gasteiger partial charge >= 0.3 is 17.9 Å². The van der Waals surface area contributed by atoms with Crippen LogP contribution < -0.4 is 25.2 Å². The second-order valence-electron chi connectivity index (χ2n) is 8.22. The van der Waals surface area contributed by atoms with Gasteiger partial charge in [-0.15, -0.1) is 0 Å². The van der Waals surface area contributed by atoms with E-state index in [0.29, 0.717) is 6.07 Å². The number of aromatic nitrogens is 1. The zero-order valence-electron chi connectivity index (χ0n) is 21.3. The average Bonchev–Trinajstić information content (AvgIpc) is 2.93. The summed E-state index contributed by atoms with van der Waals surface area (Å²) in [4.78, 5) is 39.0. The fourth-order valence-corrected chi connectivity index (χ4v) is 3.78. The lowest BCUT2D eigenvalue weighted by Gasteiger charge is -2.14. The van der Waals surface area contributed by atoms with E-state index in [1.165, 1.54) is 44.7 Å². The van der Waals surface area contributed by atoms with E-state index in [0.717, 1.165) is 12.1 Å². The van der Waals surface area contributed by atoms with Gasteiger partial charge < -0.3 is 23.4 Å². The number of alkyl halides is 3. The largest absolute Gasteiger partial charge is 0.493 e. The number of fused-ring (bicyclic) bond motifs is 1. The fourth-order valence-electron chi connectivity index (χ4n) is 3.78. The van der Waals surface area contributed by atoms with E-state index in [2.05, 4.69) is 10.3 Å². The number of benzene rings is 2. The first-order valence-corrected chi connectivity index (χ1v) is 11.5. The van der Waals surface area contributed by atoms with E-state index in [1.807, 2.05) is 0 Å². The SMILES string of the molecule is COc1cc(COc2cccnc2COC(=O)Nc2ccc3c(C(F)(F)F)cc(=O)oc3c2)c([N+](=O)[O-])cc1OC. The third-order valence-electron chi connectivity index (χ3n) is 5.65. The molecular weight excluding hydrogens is 555 g/mol. The van der Waals surface area contributed by atoms with Crippen LogP contribution >= 0.6 is 0 Å². The molecule has 0 spiro atoms. The standard InChI is InChI=1S/C26H20F3N3O9/c1-37-22-8-14(19(32(35)36)11-23(22)38-2)12-39-20-4-3-7-30-18(20)13-40-25(34)31-15-5-6-16-17(26(27,28)29)10-24(33)41-21(16)9-15/h3-11H,12-13H2,1-2H3,(H,31,34). The van der Waals surface area contributed by atoms with Crippen LogP contribution in [0.25, 0.3) is 11.0 Å². The molecule has 0 aliphatic rings. The quantitative estimate of drug-likeness (QED) is 0.155. The van der Waals surface area contributed by atoms with Crippen molar-refractivity contribution in [3.8, 4) is 17.2 Å². The Morgan fingerprint density at radius 2 is 1.78 bits per heavy atom. The van der Waals surface area contributed by atoms with Crippen LogP contribution in [0.4, 0.5) is 29.3 Å². The van der Waals surface area contributed by atoms with Crippen molar-refractivity contribution in [3.63, 3.8) is 0 Å². The Morgan fingerprint density at radius 3 is 2.46 bits per heavy atom. The van der Waals surface area contributed by atoms with Crippen molar-refractivity contribution in [1.29, 1.82) is 0 Å². The van der Waals surface area contributed by atoms with Gasteiger partial charge in [0, 0.05) is 29.4 Å². The van der Waals surface area contributed by atoms with E-state index >= 15 is 0 Å². The van der Waals surface area contributed by atoms with Crippen LogP contribution in [0.15, 0.2) is 63.9 Å². The molecule has 2 heterocycles. The van der Waals surface area contributed by atoms with Gasteiger partial charge in [-0.25, -0.2) is 9.59 Å². The van der Waals surface area contributed by atoms with Crippen LogP contribution in [0.3, 0.4) is 0 Å². The molecule has 2 aromatic carbocycles. The van der Waals surface area contributed by atoms with Gasteiger partial charge in [0.25, 0.3) is 5.69 Å². The van der Waals surface area contributed by atoms with E-state index < -0.39 is 35.0 Å². The molecule has 0 aliphatic heterocycles. The number of rotatable bonds is 9. The zero-order valence-corrected chi connectivity index (χ0v) is 21.3. The van der Waals surface area contributed by atoms with Crippen LogP contribution in [-0.2, 0) is 24.1 Å². The topological polar surface area (TPSA) is 152 Å². The third kappa shape index (κ3) is 6.63. The first kappa shape index (κ1) is 28.7. The molecule has 0 saturated carbocycles. The highest BCUT2D eigenvalue weighted by Crippen LogP contribution is 2.36. The molecule has 2 aromatic heterocycles. The Hall–Kier alpha value is -5.34. The first-order valence-electron chi connectivity index (χ1n) is 11.5. The molecule has 0 saturated heterocycles. The van der Waals surface area contributed by atoms with Gasteiger partial charge in [-0.2, -0.15) is 13.2 Å². The molecule has 1 N–H and O–H groups in total. The summed E-state index contributed by atoms with van der Waals surface area (Å²) in [5.41, 5.74) is -2.67. The van der Waals surface area contributed by atoms with E-state index in [9.17, 15) is 32.9 Å². The Labute approximate surface area is 228 Å². The van der Waals surface area contributed by atoms with Crippen LogP contribution in [-0.4, -0.2) is 30.2 Å². The number of anilines is 1. The fraction of sp³-hybridized carbons (Fsp3) is 0.192. The number of hydrogen-bond donors (Lipinski definition) is 1. The third-order valence-corrected chi connectivity index (χ3v) is 5.65. The molecule has 1 amide bonds. The van der Waals surface area contributed by atoms with Gasteiger partial charge in [0.15, 0.2) is 11.5 Å². The van der Waals surface area contributed by atoms with Crippen LogP contribution in [0.1, 0.15) is 16.8 Å². The summed E-state index contributed by atoms with van der Waals surface area (Å²) in [6.07, 6.45) is -4.37. The highest BCUT2D eigenvalue weighted by Gasteiger charge is 2.34. The van der Waals surface area contributed by atoms with Gasteiger partial charge in [0.2, 0.25) is 0 Å². The molecule has 15 heteroatoms. The van der Waals surface area contributed by atoms with E-state index in [-0.39, 0.29) is 57.5 Å². The van der Waals surface area contributed by atoms with Crippen molar-refractivity contribution < 1.29 is 46.3 Å². The normalized spacial score (nSPS) is 11.1. The molecule has 0 fully saturated rings. The number of halogens is 3. The van der Waals surface area contributed by atoms with E-state index in [4.69, 9.17) is 23.4 Å². The maximum absolute atomic E-state index is 13.2. The Bertz CT molecular complexity index is 1670. The second kappa shape index (κ2) is 11.8. The van der Waals surface area contributed by atoms with Crippen LogP contribution in [0.2, 0.25) is 0 Å². The number of nitrogens with one attached hydrogen (secondary N) is 1. The molecular formula is C26H20F3N3O9. The maximum Gasteiger partial charge on any atom is 0.417 e. The van der Waals surface area contributed by atoms with Crippen molar-refractivity contribution in [2.75, 3.05) is 19.5 Å². The minimum absolute atomic E-state index is 0.00299. The second-order valence-corrected chi connectivity index (χ2v) is 8.22. The van der Waals surface area contributed by atoms with Gasteiger partial charge in [0.05, 0.1) is 36.3 Å². The lowest BCUT2D eigenvalue weighted by atomic mass is 10.1. The smallest absolute Gasteiger partial charge is 0.417 e. The summed E-state index contributed by atoms with van der Waals surface area (Å²) < 4.78 is 65.8. The highest BCUT2D eigenvalue weighted by atomic mass is 19.4. The number of carbonyl (C=O) groups is 1. The number of amides is 1. The zero-order chi connectivity index (χ0) is 29.7. The molecule has 0 radical (unpaired) electrons. The predicted octanol–water partition coefficient (Wildman–Crippen LogP) is 5.46. The summed E-state index contributed by atoms with van der Waals surface area (Å²) in [5, 5.41) is 13.5. The highest BCUT2D eigenvalue weighted by molar-refractivity contribution is 5.90. The number of nitro groups is 1. The Balaban J connectivity index is 1.46. The Kier molecular flexibility index (Phi) is 8.26. The molecule has 0 atom stereocenters. The summed E-state index contributed by atoms with van der Waals surface area (Å²) in [6, 6.07) is 9.30. The number of nitro benzene ring substituents is 1. The lowest BCUT2D eigenvalue weighted by Crippen LogP contribution is -2.15. The number of nitrogens with zero attached hydrogens (tertiary/aromatic N) is 2. The minimum atomic E-state index is -4.78. The molecule has 214 valence electrons. The van der Waals surface area contributed by atoms with Gasteiger partial charge in [-0.05, 0) is 30.3 Å². The van der Waals surface area contributed by atoms with Crippen molar-refractivity contribution in [3.05, 3.63) is 92.1 Å². The lowest BCUT2D eigenvalue weighted by molar-refractivity contribution is -0.385. The van der Waals surface area contributed by atoms with Gasteiger partial charge in [-0.3, -0.25) is 20.4 Å². The number of carbonyl (C=O) groups excluding carboxylic acids is 1. The van der Waals surface area contributed by atoms with E-state index in [1.54, 1.807) is 6.07 Å². The molecule has 0 unspecified atom stereocenters. The van der Waals surface area contributed by atoms with Crippen LogP contribution in [0.5, 0.6) is 17.2 Å². The minimum Gasteiger partial charge on any atom is -0.493 e. The number of ether oxygens (including phenoxy) is 4. The monoisotopic (exact) mass is 575 g/mol. The molecule has 41 heavy (non-hydrogen) atoms. The van der Waals surface area contributed by atoms with Gasteiger partial charge in [-0.1, -0.05) is 0 Å². The summed E-state index contributed by atoms with van der Waals surface area (Å²) in [5.74, 6) is 0.584. The molecule has 0 aliphatic carbocycles. The van der Waals surface area contributed by atoms with Crippen molar-refractivity contribution in [2.45, 2.75) is 19.4 Å². The number of methoxy groups -OCH3 is 2. The first-order chi connectivity index (χ1) is 19.5. The summed E-state index contributed by atoms with van der Waals surface area (Å²) in [7, 11) is 2.72.